The second-order valence-electron chi connectivity index (χ2n) is 3.88. The van der Waals surface area contributed by atoms with Crippen molar-refractivity contribution in [2.45, 2.75) is 13.0 Å². The lowest BCUT2D eigenvalue weighted by Gasteiger charge is -2.14. The predicted molar refractivity (Wildman–Crippen MR) is 72.1 cm³/mol. The highest BCUT2D eigenvalue weighted by Gasteiger charge is 2.11. The van der Waals surface area contributed by atoms with Crippen LogP contribution in [0, 0.1) is 0 Å². The largest absolute Gasteiger partial charge is 0.345 e. The zero-order valence-corrected chi connectivity index (χ0v) is 11.4. The minimum absolute atomic E-state index is 0.0665. The fourth-order valence-electron chi connectivity index (χ4n) is 1.56. The van der Waals surface area contributed by atoms with Gasteiger partial charge in [-0.3, -0.25) is 4.79 Å². The van der Waals surface area contributed by atoms with Crippen LogP contribution < -0.4 is 5.32 Å². The van der Waals surface area contributed by atoms with Crippen molar-refractivity contribution >= 4 is 21.8 Å². The van der Waals surface area contributed by atoms with E-state index in [1.54, 1.807) is 6.07 Å². The Kier molecular flexibility index (Phi) is 4.04. The molecule has 1 heterocycles. The summed E-state index contributed by atoms with van der Waals surface area (Å²) in [6.07, 6.45) is 2.95. The molecule has 92 valence electrons. The van der Waals surface area contributed by atoms with Gasteiger partial charge in [0.05, 0.1) is 24.0 Å². The molecule has 1 amide bonds. The van der Waals surface area contributed by atoms with E-state index >= 15 is 0 Å². The smallest absolute Gasteiger partial charge is 0.253 e. The quantitative estimate of drug-likeness (QED) is 0.948. The standard InChI is InChI=1S/C13H12BrN3O/c1-9(10-3-2-4-12(14)7-10)17-13(18)11-5-6-15-16-8-11/h2-9H,1H3,(H,17,18). The zero-order valence-electron chi connectivity index (χ0n) is 9.80. The fraction of sp³-hybridized carbons (Fsp3) is 0.154. The van der Waals surface area contributed by atoms with Gasteiger partial charge in [-0.05, 0) is 30.7 Å². The summed E-state index contributed by atoms with van der Waals surface area (Å²) in [4.78, 5) is 11.9. The van der Waals surface area contributed by atoms with Crippen LogP contribution in [0.1, 0.15) is 28.9 Å². The molecular formula is C13H12BrN3O. The first-order valence-corrected chi connectivity index (χ1v) is 6.29. The molecule has 0 fully saturated rings. The molecule has 1 aromatic heterocycles. The number of carbonyl (C=O) groups excluding carboxylic acids is 1. The average molecular weight is 306 g/mol. The van der Waals surface area contributed by atoms with E-state index in [4.69, 9.17) is 0 Å². The van der Waals surface area contributed by atoms with Crippen molar-refractivity contribution in [3.05, 3.63) is 58.3 Å². The Bertz CT molecular complexity index is 545. The van der Waals surface area contributed by atoms with Crippen LogP contribution >= 0.6 is 15.9 Å². The van der Waals surface area contributed by atoms with E-state index in [-0.39, 0.29) is 11.9 Å². The van der Waals surface area contributed by atoms with Crippen molar-refractivity contribution in [1.29, 1.82) is 0 Å². The Morgan fingerprint density at radius 3 is 2.83 bits per heavy atom. The van der Waals surface area contributed by atoms with Gasteiger partial charge >= 0.3 is 0 Å². The first-order valence-electron chi connectivity index (χ1n) is 5.50. The van der Waals surface area contributed by atoms with Crippen LogP contribution in [0.2, 0.25) is 0 Å². The lowest BCUT2D eigenvalue weighted by atomic mass is 10.1. The molecule has 5 heteroatoms. The third-order valence-electron chi connectivity index (χ3n) is 2.54. The summed E-state index contributed by atoms with van der Waals surface area (Å²) in [6.45, 7) is 1.94. The number of halogens is 1. The molecule has 0 aliphatic carbocycles. The summed E-state index contributed by atoms with van der Waals surface area (Å²) in [7, 11) is 0. The van der Waals surface area contributed by atoms with Crippen LogP contribution in [0.15, 0.2) is 47.2 Å². The van der Waals surface area contributed by atoms with Gasteiger partial charge in [0, 0.05) is 4.47 Å². The Hall–Kier alpha value is -1.75. The van der Waals surface area contributed by atoms with Crippen LogP contribution in [-0.2, 0) is 0 Å². The van der Waals surface area contributed by atoms with Crippen molar-refractivity contribution in [3.8, 4) is 0 Å². The normalized spacial score (nSPS) is 11.9. The van der Waals surface area contributed by atoms with Crippen molar-refractivity contribution in [2.75, 3.05) is 0 Å². The number of hydrogen-bond donors (Lipinski definition) is 1. The van der Waals surface area contributed by atoms with Crippen molar-refractivity contribution in [1.82, 2.24) is 15.5 Å². The number of aromatic nitrogens is 2. The maximum atomic E-state index is 11.9. The predicted octanol–water partition coefficient (Wildman–Crippen LogP) is 2.73. The van der Waals surface area contributed by atoms with E-state index in [0.29, 0.717) is 5.56 Å². The van der Waals surface area contributed by atoms with Crippen molar-refractivity contribution in [2.24, 2.45) is 0 Å². The summed E-state index contributed by atoms with van der Waals surface area (Å²) in [5.41, 5.74) is 1.55. The lowest BCUT2D eigenvalue weighted by Crippen LogP contribution is -2.26. The molecule has 0 radical (unpaired) electrons. The van der Waals surface area contributed by atoms with Crippen LogP contribution in [-0.4, -0.2) is 16.1 Å². The fourth-order valence-corrected chi connectivity index (χ4v) is 1.98. The second-order valence-corrected chi connectivity index (χ2v) is 4.80. The third-order valence-corrected chi connectivity index (χ3v) is 3.04. The highest BCUT2D eigenvalue weighted by molar-refractivity contribution is 9.10. The van der Waals surface area contributed by atoms with Crippen molar-refractivity contribution in [3.63, 3.8) is 0 Å². The minimum atomic E-state index is -0.155. The van der Waals surface area contributed by atoms with E-state index in [1.165, 1.54) is 12.4 Å². The Morgan fingerprint density at radius 2 is 2.17 bits per heavy atom. The van der Waals surface area contributed by atoms with Gasteiger partial charge in [0.2, 0.25) is 0 Å². The Balaban J connectivity index is 2.08. The number of amides is 1. The molecule has 0 saturated carbocycles. The van der Waals surface area contributed by atoms with E-state index in [9.17, 15) is 4.79 Å². The summed E-state index contributed by atoms with van der Waals surface area (Å²) >= 11 is 3.41. The van der Waals surface area contributed by atoms with Gasteiger partial charge in [-0.25, -0.2) is 0 Å². The van der Waals surface area contributed by atoms with E-state index in [1.807, 2.05) is 31.2 Å². The highest BCUT2D eigenvalue weighted by Crippen LogP contribution is 2.18. The van der Waals surface area contributed by atoms with Crippen molar-refractivity contribution < 1.29 is 4.79 Å². The molecule has 18 heavy (non-hydrogen) atoms. The first-order chi connectivity index (χ1) is 8.66. The highest BCUT2D eigenvalue weighted by atomic mass is 79.9. The van der Waals surface area contributed by atoms with Gasteiger partial charge in [-0.1, -0.05) is 28.1 Å². The number of benzene rings is 1. The molecule has 0 spiro atoms. The molecule has 0 aliphatic rings. The van der Waals surface area contributed by atoms with E-state index in [2.05, 4.69) is 31.4 Å². The van der Waals surface area contributed by atoms with Gasteiger partial charge in [0.25, 0.3) is 5.91 Å². The van der Waals surface area contributed by atoms with Gasteiger partial charge in [-0.2, -0.15) is 10.2 Å². The second kappa shape index (κ2) is 5.73. The number of nitrogens with zero attached hydrogens (tertiary/aromatic N) is 2. The molecule has 1 atom stereocenters. The molecular weight excluding hydrogens is 294 g/mol. The van der Waals surface area contributed by atoms with Crippen LogP contribution in [0.3, 0.4) is 0 Å². The number of hydrogen-bond acceptors (Lipinski definition) is 3. The molecule has 4 nitrogen and oxygen atoms in total. The van der Waals surface area contributed by atoms with E-state index in [0.717, 1.165) is 10.0 Å². The lowest BCUT2D eigenvalue weighted by molar-refractivity contribution is 0.0939. The van der Waals surface area contributed by atoms with Crippen LogP contribution in [0.4, 0.5) is 0 Å². The monoisotopic (exact) mass is 305 g/mol. The summed E-state index contributed by atoms with van der Waals surface area (Å²) in [6, 6.07) is 9.41. The average Bonchev–Trinajstić information content (AvgIpc) is 2.39. The van der Waals surface area contributed by atoms with Crippen LogP contribution in [0.25, 0.3) is 0 Å². The minimum Gasteiger partial charge on any atom is -0.345 e. The Morgan fingerprint density at radius 1 is 1.33 bits per heavy atom. The van der Waals surface area contributed by atoms with Gasteiger partial charge in [0.1, 0.15) is 0 Å². The zero-order chi connectivity index (χ0) is 13.0. The third kappa shape index (κ3) is 3.13. The maximum absolute atomic E-state index is 11.9. The molecule has 1 aromatic carbocycles. The summed E-state index contributed by atoms with van der Waals surface area (Å²) in [5.74, 6) is -0.155. The molecule has 1 N–H and O–H groups in total. The van der Waals surface area contributed by atoms with Gasteiger partial charge in [-0.15, -0.1) is 0 Å². The topological polar surface area (TPSA) is 54.9 Å². The number of rotatable bonds is 3. The number of nitrogens with one attached hydrogen (secondary N) is 1. The first kappa shape index (κ1) is 12.7. The van der Waals surface area contributed by atoms with Gasteiger partial charge < -0.3 is 5.32 Å². The van der Waals surface area contributed by atoms with Crippen LogP contribution in [0.5, 0.6) is 0 Å². The number of carbonyl (C=O) groups is 1. The summed E-state index contributed by atoms with van der Waals surface area (Å²) in [5, 5.41) is 10.2. The molecule has 2 rings (SSSR count). The maximum Gasteiger partial charge on any atom is 0.253 e. The molecule has 0 bridgehead atoms. The SMILES string of the molecule is CC(NC(=O)c1ccnnc1)c1cccc(Br)c1. The Labute approximate surface area is 114 Å². The molecule has 1 unspecified atom stereocenters. The summed E-state index contributed by atoms with van der Waals surface area (Å²) < 4.78 is 0.992. The van der Waals surface area contributed by atoms with Gasteiger partial charge in [0.15, 0.2) is 0 Å². The molecule has 0 aliphatic heterocycles. The molecule has 0 saturated heterocycles. The molecule has 2 aromatic rings. The van der Waals surface area contributed by atoms with E-state index < -0.39 is 0 Å².